The van der Waals surface area contributed by atoms with Crippen LogP contribution >= 0.6 is 11.3 Å². The highest BCUT2D eigenvalue weighted by Crippen LogP contribution is 2.33. The Kier molecular flexibility index (Phi) is 7.49. The summed E-state index contributed by atoms with van der Waals surface area (Å²) in [4.78, 5) is 7.85. The Labute approximate surface area is 172 Å². The first-order valence-corrected chi connectivity index (χ1v) is 10.5. The van der Waals surface area contributed by atoms with Gasteiger partial charge in [0.15, 0.2) is 11.7 Å². The van der Waals surface area contributed by atoms with Crippen LogP contribution in [0.1, 0.15) is 35.2 Å². The minimum atomic E-state index is -4.39. The van der Waals surface area contributed by atoms with Crippen LogP contribution in [0.25, 0.3) is 0 Å². The molecule has 1 aromatic heterocycles. The second kappa shape index (κ2) is 10.1. The predicted octanol–water partition coefficient (Wildman–Crippen LogP) is 4.04. The molecule has 2 heterocycles. The Morgan fingerprint density at radius 2 is 2.07 bits per heavy atom. The van der Waals surface area contributed by atoms with Gasteiger partial charge in [-0.05, 0) is 18.4 Å². The summed E-state index contributed by atoms with van der Waals surface area (Å²) in [5.41, 5.74) is 0.343. The van der Waals surface area contributed by atoms with Crippen LogP contribution in [0, 0.1) is 5.92 Å². The minimum absolute atomic E-state index is 0.0478. The summed E-state index contributed by atoms with van der Waals surface area (Å²) in [6.45, 7) is 1.92. The van der Waals surface area contributed by atoms with E-state index < -0.39 is 11.9 Å². The fraction of sp³-hybridized carbons (Fsp3) is 0.500. The van der Waals surface area contributed by atoms with Crippen LogP contribution in [0.2, 0.25) is 0 Å². The molecule has 158 valence electrons. The van der Waals surface area contributed by atoms with Crippen molar-refractivity contribution >= 4 is 17.3 Å². The Bertz CT molecular complexity index is 795. The lowest BCUT2D eigenvalue weighted by atomic mass is 9.89. The number of rotatable bonds is 6. The van der Waals surface area contributed by atoms with E-state index in [1.54, 1.807) is 7.05 Å². The highest BCUT2D eigenvalue weighted by atomic mass is 32.1. The number of halogens is 3. The van der Waals surface area contributed by atoms with Crippen LogP contribution in [0.15, 0.2) is 40.7 Å². The van der Waals surface area contributed by atoms with Gasteiger partial charge in [0.05, 0.1) is 11.1 Å². The molecule has 0 spiro atoms. The Balaban J connectivity index is 1.48. The molecule has 0 saturated carbocycles. The zero-order valence-electron chi connectivity index (χ0n) is 16.2. The number of guanidine groups is 1. The smallest absolute Gasteiger partial charge is 0.373 e. The number of ether oxygens (including phenoxy) is 1. The molecular formula is C20H25F3N4OS. The van der Waals surface area contributed by atoms with E-state index in [1.807, 2.05) is 18.2 Å². The number of hydrogen-bond donors (Lipinski definition) is 2. The average molecular weight is 427 g/mol. The van der Waals surface area contributed by atoms with E-state index in [0.717, 1.165) is 36.2 Å². The lowest BCUT2D eigenvalue weighted by Gasteiger charge is -2.32. The average Bonchev–Trinajstić information content (AvgIpc) is 3.21. The second-order valence-electron chi connectivity index (χ2n) is 6.86. The molecule has 29 heavy (non-hydrogen) atoms. The normalized spacial score (nSPS) is 20.5. The zero-order chi connectivity index (χ0) is 20.7. The van der Waals surface area contributed by atoms with Gasteiger partial charge in [-0.1, -0.05) is 30.3 Å². The summed E-state index contributed by atoms with van der Waals surface area (Å²) >= 11 is 1.02. The lowest BCUT2D eigenvalue weighted by molar-refractivity contribution is -0.140. The van der Waals surface area contributed by atoms with Gasteiger partial charge in [0.25, 0.3) is 0 Å². The van der Waals surface area contributed by atoms with Gasteiger partial charge in [0.1, 0.15) is 0 Å². The van der Waals surface area contributed by atoms with Crippen LogP contribution in [0.4, 0.5) is 13.2 Å². The maximum absolute atomic E-state index is 12.6. The predicted molar refractivity (Wildman–Crippen MR) is 108 cm³/mol. The van der Waals surface area contributed by atoms with Crippen molar-refractivity contribution in [3.63, 3.8) is 0 Å². The van der Waals surface area contributed by atoms with Crippen molar-refractivity contribution in [1.82, 2.24) is 15.6 Å². The Morgan fingerprint density at radius 3 is 2.76 bits per heavy atom. The van der Waals surface area contributed by atoms with E-state index in [1.165, 1.54) is 5.56 Å². The van der Waals surface area contributed by atoms with Crippen molar-refractivity contribution in [2.75, 3.05) is 26.7 Å². The van der Waals surface area contributed by atoms with Gasteiger partial charge in [-0.3, -0.25) is 4.99 Å². The van der Waals surface area contributed by atoms with Gasteiger partial charge in [-0.25, -0.2) is 4.98 Å². The van der Waals surface area contributed by atoms with Gasteiger partial charge in [-0.2, -0.15) is 13.2 Å². The van der Waals surface area contributed by atoms with Gasteiger partial charge in [-0.15, -0.1) is 11.3 Å². The number of nitrogens with zero attached hydrogens (tertiary/aromatic N) is 2. The van der Waals surface area contributed by atoms with Crippen molar-refractivity contribution in [3.8, 4) is 0 Å². The van der Waals surface area contributed by atoms with E-state index in [2.05, 4.69) is 32.7 Å². The van der Waals surface area contributed by atoms with Crippen LogP contribution in [-0.2, 0) is 17.3 Å². The van der Waals surface area contributed by atoms with Crippen molar-refractivity contribution < 1.29 is 17.9 Å². The first-order valence-electron chi connectivity index (χ1n) is 9.60. The van der Waals surface area contributed by atoms with Gasteiger partial charge in [0, 0.05) is 44.5 Å². The first kappa shape index (κ1) is 21.6. The molecule has 0 bridgehead atoms. The number of aromatic nitrogens is 1. The number of alkyl halides is 3. The molecule has 5 nitrogen and oxygen atoms in total. The van der Waals surface area contributed by atoms with E-state index >= 15 is 0 Å². The standard InChI is InChI=1S/C20H25F3N4OS/c1-24-19(25-10-9-17-27-16(13-29-17)20(21,22)23)26-12-15-8-5-11-28-18(15)14-6-3-2-4-7-14/h2-4,6-7,13,15,18H,5,8-12H2,1H3,(H2,24,25,26). The fourth-order valence-corrected chi connectivity index (χ4v) is 4.16. The molecule has 0 radical (unpaired) electrons. The minimum Gasteiger partial charge on any atom is -0.373 e. The highest BCUT2D eigenvalue weighted by Gasteiger charge is 2.33. The molecule has 2 N–H and O–H groups in total. The molecule has 1 aromatic carbocycles. The van der Waals surface area contributed by atoms with Crippen molar-refractivity contribution in [2.24, 2.45) is 10.9 Å². The van der Waals surface area contributed by atoms with Crippen LogP contribution in [0.5, 0.6) is 0 Å². The molecule has 1 saturated heterocycles. The second-order valence-corrected chi connectivity index (χ2v) is 7.80. The first-order chi connectivity index (χ1) is 14.0. The third-order valence-electron chi connectivity index (χ3n) is 4.80. The number of aliphatic imine (C=N–C) groups is 1. The highest BCUT2D eigenvalue weighted by molar-refractivity contribution is 7.09. The molecule has 0 aliphatic carbocycles. The summed E-state index contributed by atoms with van der Waals surface area (Å²) < 4.78 is 43.9. The van der Waals surface area contributed by atoms with Crippen molar-refractivity contribution in [3.05, 3.63) is 52.0 Å². The summed E-state index contributed by atoms with van der Waals surface area (Å²) in [5, 5.41) is 7.96. The topological polar surface area (TPSA) is 58.5 Å². The number of benzene rings is 1. The van der Waals surface area contributed by atoms with Crippen LogP contribution < -0.4 is 10.6 Å². The lowest BCUT2D eigenvalue weighted by Crippen LogP contribution is -2.42. The molecule has 0 amide bonds. The fourth-order valence-electron chi connectivity index (χ4n) is 3.36. The molecule has 9 heteroatoms. The van der Waals surface area contributed by atoms with Crippen molar-refractivity contribution in [2.45, 2.75) is 31.5 Å². The summed E-state index contributed by atoms with van der Waals surface area (Å²) in [5.74, 6) is 0.938. The molecule has 2 unspecified atom stereocenters. The molecular weight excluding hydrogens is 401 g/mol. The van der Waals surface area contributed by atoms with Crippen LogP contribution in [-0.4, -0.2) is 37.7 Å². The Hall–Kier alpha value is -2.13. The summed E-state index contributed by atoms with van der Waals surface area (Å²) in [7, 11) is 1.67. The van der Waals surface area contributed by atoms with E-state index in [-0.39, 0.29) is 6.10 Å². The molecule has 2 atom stereocenters. The Morgan fingerprint density at radius 1 is 1.28 bits per heavy atom. The van der Waals surface area contributed by atoms with E-state index in [9.17, 15) is 13.2 Å². The zero-order valence-corrected chi connectivity index (χ0v) is 17.0. The molecule has 1 aliphatic heterocycles. The van der Waals surface area contributed by atoms with E-state index in [4.69, 9.17) is 4.74 Å². The number of hydrogen-bond acceptors (Lipinski definition) is 4. The van der Waals surface area contributed by atoms with Gasteiger partial charge in [0.2, 0.25) is 0 Å². The van der Waals surface area contributed by atoms with Gasteiger partial charge >= 0.3 is 6.18 Å². The molecule has 2 aromatic rings. The number of nitrogens with one attached hydrogen (secondary N) is 2. The summed E-state index contributed by atoms with van der Waals surface area (Å²) in [6, 6.07) is 10.2. The van der Waals surface area contributed by atoms with Crippen molar-refractivity contribution in [1.29, 1.82) is 0 Å². The largest absolute Gasteiger partial charge is 0.434 e. The third kappa shape index (κ3) is 6.17. The molecule has 1 aliphatic rings. The molecule has 3 rings (SSSR count). The number of thiazole rings is 1. The maximum Gasteiger partial charge on any atom is 0.434 e. The SMILES string of the molecule is CN=C(NCCc1nc(C(F)(F)F)cs1)NCC1CCCOC1c1ccccc1. The maximum atomic E-state index is 12.6. The quantitative estimate of drug-likeness (QED) is 0.541. The summed E-state index contributed by atoms with van der Waals surface area (Å²) in [6.07, 6.45) is -1.86. The van der Waals surface area contributed by atoms with Crippen LogP contribution in [0.3, 0.4) is 0 Å². The third-order valence-corrected chi connectivity index (χ3v) is 5.71. The molecule has 1 fully saturated rings. The van der Waals surface area contributed by atoms with E-state index in [0.29, 0.717) is 36.4 Å². The monoisotopic (exact) mass is 426 g/mol. The van der Waals surface area contributed by atoms with Gasteiger partial charge < -0.3 is 15.4 Å².